The molecule has 0 N–H and O–H groups in total. The van der Waals surface area contributed by atoms with Gasteiger partial charge < -0.3 is 18.6 Å². The molecule has 3 aromatic heterocycles. The summed E-state index contributed by atoms with van der Waals surface area (Å²) in [5.74, 6) is 0.977. The first-order valence-electron chi connectivity index (χ1n) is 11.7. The zero-order valence-corrected chi connectivity index (χ0v) is 20.6. The fourth-order valence-corrected chi connectivity index (χ4v) is 4.26. The number of unbranched alkanes of at least 4 members (excludes halogenated alkanes) is 1. The molecular weight excluding hydrogens is 428 g/mol. The van der Waals surface area contributed by atoms with E-state index in [9.17, 15) is 4.79 Å². The van der Waals surface area contributed by atoms with E-state index in [2.05, 4.69) is 36.3 Å². The number of pyridine rings is 1. The number of ether oxygens (including phenoxy) is 2. The van der Waals surface area contributed by atoms with E-state index in [1.165, 1.54) is 0 Å². The van der Waals surface area contributed by atoms with Gasteiger partial charge in [0.15, 0.2) is 5.82 Å². The maximum absolute atomic E-state index is 12.6. The van der Waals surface area contributed by atoms with Gasteiger partial charge in [0.25, 0.3) is 0 Å². The Morgan fingerprint density at radius 2 is 2.00 bits per heavy atom. The van der Waals surface area contributed by atoms with Gasteiger partial charge in [-0.15, -0.1) is 6.58 Å². The molecule has 0 amide bonds. The van der Waals surface area contributed by atoms with Gasteiger partial charge in [0.1, 0.15) is 16.9 Å². The summed E-state index contributed by atoms with van der Waals surface area (Å²) in [4.78, 5) is 22.4. The first-order valence-corrected chi connectivity index (χ1v) is 11.7. The normalized spacial score (nSPS) is 11.5. The second kappa shape index (κ2) is 9.71. The Kier molecular flexibility index (Phi) is 6.72. The van der Waals surface area contributed by atoms with Crippen molar-refractivity contribution in [3.63, 3.8) is 0 Å². The van der Waals surface area contributed by atoms with Crippen LogP contribution in [0.25, 0.3) is 33.6 Å². The largest absolute Gasteiger partial charge is 0.494 e. The molecule has 0 radical (unpaired) electrons. The van der Waals surface area contributed by atoms with Gasteiger partial charge in [0, 0.05) is 24.7 Å². The molecule has 1 aromatic carbocycles. The number of carbonyl (C=O) groups excluding carboxylic acids is 1. The number of rotatable bonds is 9. The topological polar surface area (TPSA) is 71.2 Å². The summed E-state index contributed by atoms with van der Waals surface area (Å²) < 4.78 is 15.3. The number of aromatic nitrogens is 4. The van der Waals surface area contributed by atoms with Crippen LogP contribution >= 0.6 is 0 Å². The summed E-state index contributed by atoms with van der Waals surface area (Å²) in [6, 6.07) is 9.82. The molecule has 0 aliphatic carbocycles. The third-order valence-electron chi connectivity index (χ3n) is 5.92. The average molecular weight is 461 g/mol. The molecule has 0 fully saturated rings. The fourth-order valence-electron chi connectivity index (χ4n) is 4.26. The van der Waals surface area contributed by atoms with Gasteiger partial charge in [-0.25, -0.2) is 14.8 Å². The Balaban J connectivity index is 1.91. The number of allylic oxidation sites excluding steroid dienone is 1. The lowest BCUT2D eigenvalue weighted by molar-refractivity contribution is 0.0377. The van der Waals surface area contributed by atoms with Crippen molar-refractivity contribution in [2.24, 2.45) is 7.05 Å². The summed E-state index contributed by atoms with van der Waals surface area (Å²) in [5, 5.41) is 1.08. The second-order valence-corrected chi connectivity index (χ2v) is 8.68. The van der Waals surface area contributed by atoms with E-state index in [0.29, 0.717) is 16.8 Å². The lowest BCUT2D eigenvalue weighted by Gasteiger charge is -2.11. The molecule has 3 heterocycles. The van der Waals surface area contributed by atoms with Crippen molar-refractivity contribution in [3.05, 3.63) is 54.2 Å². The molecule has 0 atom stereocenters. The van der Waals surface area contributed by atoms with Crippen molar-refractivity contribution in [2.45, 2.75) is 52.7 Å². The quantitative estimate of drug-likeness (QED) is 0.182. The highest BCUT2D eigenvalue weighted by Gasteiger charge is 2.22. The van der Waals surface area contributed by atoms with Crippen LogP contribution < -0.4 is 4.74 Å². The van der Waals surface area contributed by atoms with Crippen molar-refractivity contribution in [1.82, 2.24) is 19.1 Å². The molecule has 0 saturated carbocycles. The van der Waals surface area contributed by atoms with Gasteiger partial charge in [-0.2, -0.15) is 0 Å². The monoisotopic (exact) mass is 460 g/mol. The molecule has 4 aromatic rings. The van der Waals surface area contributed by atoms with Crippen molar-refractivity contribution in [1.29, 1.82) is 0 Å². The predicted octanol–water partition coefficient (Wildman–Crippen LogP) is 5.69. The van der Waals surface area contributed by atoms with Crippen molar-refractivity contribution >= 4 is 28.0 Å². The number of aryl methyl sites for hydroxylation is 3. The summed E-state index contributed by atoms with van der Waals surface area (Å²) in [6.45, 7) is 10.4. The fraction of sp³-hybridized carbons (Fsp3) is 0.370. The SMILES string of the molecule is C=CCCCn1c(-c2nc3cc(C(=O)OC(C)C)cc(OC)c3n2C)cc2ccc(CC)nc21. The van der Waals surface area contributed by atoms with E-state index in [-0.39, 0.29) is 6.10 Å². The minimum absolute atomic E-state index is 0.208. The molecule has 0 spiro atoms. The van der Waals surface area contributed by atoms with Crippen LogP contribution in [-0.4, -0.2) is 38.3 Å². The summed E-state index contributed by atoms with van der Waals surface area (Å²) in [7, 11) is 3.57. The molecular formula is C27H32N4O3. The number of carbonyl (C=O) groups is 1. The van der Waals surface area contributed by atoms with E-state index in [1.54, 1.807) is 19.2 Å². The molecule has 0 saturated heterocycles. The van der Waals surface area contributed by atoms with Gasteiger partial charge >= 0.3 is 5.97 Å². The molecule has 4 rings (SSSR count). The van der Waals surface area contributed by atoms with Gasteiger partial charge in [-0.3, -0.25) is 0 Å². The predicted molar refractivity (Wildman–Crippen MR) is 135 cm³/mol. The lowest BCUT2D eigenvalue weighted by Crippen LogP contribution is -2.11. The number of nitrogens with zero attached hydrogens (tertiary/aromatic N) is 4. The highest BCUT2D eigenvalue weighted by molar-refractivity contribution is 5.97. The molecule has 7 heteroatoms. The van der Waals surface area contributed by atoms with Gasteiger partial charge in [-0.05, 0) is 63.4 Å². The zero-order chi connectivity index (χ0) is 24.4. The first kappa shape index (κ1) is 23.5. The van der Waals surface area contributed by atoms with E-state index < -0.39 is 5.97 Å². The van der Waals surface area contributed by atoms with E-state index in [1.807, 2.05) is 31.5 Å². The number of benzene rings is 1. The van der Waals surface area contributed by atoms with E-state index >= 15 is 0 Å². The Bertz CT molecular complexity index is 1360. The average Bonchev–Trinajstić information content (AvgIpc) is 3.35. The molecule has 178 valence electrons. The van der Waals surface area contributed by atoms with Crippen molar-refractivity contribution in [2.75, 3.05) is 7.11 Å². The standard InChI is InChI=1S/C27H32N4O3/c1-7-9-10-13-31-22(15-18-11-12-20(8-2)28-25(18)31)26-29-21-14-19(27(32)34-17(3)4)16-23(33-6)24(21)30(26)5/h7,11-12,14-17H,1,8-10,13H2,2-6H3. The smallest absolute Gasteiger partial charge is 0.338 e. The highest BCUT2D eigenvalue weighted by Crippen LogP contribution is 2.34. The Labute approximate surface area is 200 Å². The molecule has 0 bridgehead atoms. The minimum Gasteiger partial charge on any atom is -0.494 e. The van der Waals surface area contributed by atoms with Gasteiger partial charge in [0.05, 0.1) is 30.0 Å². The Morgan fingerprint density at radius 1 is 1.21 bits per heavy atom. The van der Waals surface area contributed by atoms with Crippen LogP contribution in [0.5, 0.6) is 5.75 Å². The summed E-state index contributed by atoms with van der Waals surface area (Å²) in [6.07, 6.45) is 4.48. The molecule has 0 unspecified atom stereocenters. The number of esters is 1. The van der Waals surface area contributed by atoms with Crippen LogP contribution in [0.4, 0.5) is 0 Å². The highest BCUT2D eigenvalue weighted by atomic mass is 16.5. The van der Waals surface area contributed by atoms with Gasteiger partial charge in [0.2, 0.25) is 0 Å². The van der Waals surface area contributed by atoms with E-state index in [0.717, 1.165) is 59.6 Å². The van der Waals surface area contributed by atoms with Crippen molar-refractivity contribution in [3.8, 4) is 17.3 Å². The third-order valence-corrected chi connectivity index (χ3v) is 5.92. The summed E-state index contributed by atoms with van der Waals surface area (Å²) >= 11 is 0. The molecule has 0 aliphatic heterocycles. The second-order valence-electron chi connectivity index (χ2n) is 8.68. The summed E-state index contributed by atoms with van der Waals surface area (Å²) in [5.41, 5.74) is 4.91. The third kappa shape index (κ3) is 4.30. The van der Waals surface area contributed by atoms with Crippen LogP contribution in [-0.2, 0) is 24.8 Å². The molecule has 7 nitrogen and oxygen atoms in total. The maximum atomic E-state index is 12.6. The van der Waals surface area contributed by atoms with Crippen LogP contribution in [0.3, 0.4) is 0 Å². The van der Waals surface area contributed by atoms with Crippen LogP contribution in [0.2, 0.25) is 0 Å². The van der Waals surface area contributed by atoms with Crippen LogP contribution in [0, 0.1) is 0 Å². The Hall–Kier alpha value is -3.61. The van der Waals surface area contributed by atoms with Crippen LogP contribution in [0.1, 0.15) is 49.7 Å². The number of hydrogen-bond donors (Lipinski definition) is 0. The number of methoxy groups -OCH3 is 1. The van der Waals surface area contributed by atoms with Crippen molar-refractivity contribution < 1.29 is 14.3 Å². The minimum atomic E-state index is -0.391. The van der Waals surface area contributed by atoms with Gasteiger partial charge in [-0.1, -0.05) is 13.0 Å². The maximum Gasteiger partial charge on any atom is 0.338 e. The number of fused-ring (bicyclic) bond motifs is 2. The zero-order valence-electron chi connectivity index (χ0n) is 20.6. The number of imidazole rings is 1. The van der Waals surface area contributed by atoms with E-state index in [4.69, 9.17) is 19.4 Å². The lowest BCUT2D eigenvalue weighted by atomic mass is 10.2. The molecule has 0 aliphatic rings. The first-order chi connectivity index (χ1) is 16.4. The van der Waals surface area contributed by atoms with Crippen LogP contribution in [0.15, 0.2) is 43.0 Å². The number of hydrogen-bond acceptors (Lipinski definition) is 5. The Morgan fingerprint density at radius 3 is 2.68 bits per heavy atom. The molecule has 34 heavy (non-hydrogen) atoms.